The molecule has 4 heteroatoms. The van der Waals surface area contributed by atoms with E-state index in [-0.39, 0.29) is 23.8 Å². The Morgan fingerprint density at radius 2 is 1.45 bits per heavy atom. The third-order valence-corrected chi connectivity index (χ3v) is 3.58. The van der Waals surface area contributed by atoms with Gasteiger partial charge in [0.05, 0.1) is 18.4 Å². The van der Waals surface area contributed by atoms with E-state index in [9.17, 15) is 9.59 Å². The maximum atomic E-state index is 12.1. The highest BCUT2D eigenvalue weighted by Gasteiger charge is 2.29. The lowest BCUT2D eigenvalue weighted by molar-refractivity contribution is -0.161. The number of hydrogen-bond donors (Lipinski definition) is 0. The number of hydrogen-bond acceptors (Lipinski definition) is 4. The molecule has 1 aliphatic rings. The summed E-state index contributed by atoms with van der Waals surface area (Å²) >= 11 is 0. The van der Waals surface area contributed by atoms with Crippen LogP contribution in [0.2, 0.25) is 0 Å². The molecule has 2 atom stereocenters. The van der Waals surface area contributed by atoms with Crippen molar-refractivity contribution in [3.63, 3.8) is 0 Å². The highest BCUT2D eigenvalue weighted by atomic mass is 16.6. The second kappa shape index (κ2) is 7.65. The molecule has 0 saturated heterocycles. The van der Waals surface area contributed by atoms with Crippen LogP contribution in [0.25, 0.3) is 0 Å². The van der Waals surface area contributed by atoms with Gasteiger partial charge in [-0.05, 0) is 53.4 Å². The van der Waals surface area contributed by atoms with E-state index in [2.05, 4.69) is 0 Å². The summed E-state index contributed by atoms with van der Waals surface area (Å²) in [6.07, 6.45) is 5.13. The number of ether oxygens (including phenoxy) is 2. The number of rotatable bonds is 3. The number of carbonyl (C=O) groups is 2. The average Bonchev–Trinajstić information content (AvgIpc) is 2.26. The molecular formula is C16H28O4. The lowest BCUT2D eigenvalue weighted by Gasteiger charge is -2.26. The third-order valence-electron chi connectivity index (χ3n) is 3.58. The van der Waals surface area contributed by atoms with Crippen molar-refractivity contribution in [3.8, 4) is 0 Å². The Balaban J connectivity index is 2.55. The second-order valence-electron chi connectivity index (χ2n) is 6.54. The number of carbonyl (C=O) groups excluding carboxylic acids is 2. The SMILES string of the molecule is CCOC(=O)C1CCCCC(C(=O)OC(C)(C)C)CC1. The van der Waals surface area contributed by atoms with E-state index in [4.69, 9.17) is 9.47 Å². The topological polar surface area (TPSA) is 52.6 Å². The van der Waals surface area contributed by atoms with E-state index < -0.39 is 5.60 Å². The molecule has 0 aromatic rings. The molecule has 116 valence electrons. The molecule has 0 heterocycles. The fraction of sp³-hybridized carbons (Fsp3) is 0.875. The normalized spacial score (nSPS) is 24.4. The van der Waals surface area contributed by atoms with Crippen molar-refractivity contribution in [3.05, 3.63) is 0 Å². The van der Waals surface area contributed by atoms with Gasteiger partial charge in [-0.3, -0.25) is 9.59 Å². The van der Waals surface area contributed by atoms with Crippen molar-refractivity contribution in [1.29, 1.82) is 0 Å². The molecule has 0 spiro atoms. The lowest BCUT2D eigenvalue weighted by atomic mass is 9.85. The summed E-state index contributed by atoms with van der Waals surface area (Å²) in [7, 11) is 0. The predicted molar refractivity (Wildman–Crippen MR) is 77.2 cm³/mol. The molecule has 2 unspecified atom stereocenters. The standard InChI is InChI=1S/C16H28O4/c1-5-19-14(17)12-8-6-7-9-13(11-10-12)15(18)20-16(2,3)4/h12-13H,5-11H2,1-4H3. The van der Waals surface area contributed by atoms with Crippen LogP contribution in [0.5, 0.6) is 0 Å². The van der Waals surface area contributed by atoms with Gasteiger partial charge in [-0.2, -0.15) is 0 Å². The summed E-state index contributed by atoms with van der Waals surface area (Å²) in [5.74, 6) is -0.369. The van der Waals surface area contributed by atoms with Gasteiger partial charge in [0.1, 0.15) is 5.60 Å². The molecule has 0 aromatic carbocycles. The Bertz CT molecular complexity index is 330. The summed E-state index contributed by atoms with van der Waals surface area (Å²) in [6, 6.07) is 0. The summed E-state index contributed by atoms with van der Waals surface area (Å²) in [4.78, 5) is 24.0. The highest BCUT2D eigenvalue weighted by Crippen LogP contribution is 2.28. The Kier molecular flexibility index (Phi) is 6.50. The maximum Gasteiger partial charge on any atom is 0.309 e. The van der Waals surface area contributed by atoms with E-state index in [1.54, 1.807) is 0 Å². The molecule has 1 fully saturated rings. The largest absolute Gasteiger partial charge is 0.466 e. The second-order valence-corrected chi connectivity index (χ2v) is 6.54. The van der Waals surface area contributed by atoms with Crippen molar-refractivity contribution in [2.75, 3.05) is 6.61 Å². The van der Waals surface area contributed by atoms with Gasteiger partial charge in [-0.15, -0.1) is 0 Å². The first-order chi connectivity index (χ1) is 9.33. The zero-order chi connectivity index (χ0) is 15.2. The molecule has 0 bridgehead atoms. The molecule has 0 radical (unpaired) electrons. The van der Waals surface area contributed by atoms with Gasteiger partial charge in [0, 0.05) is 0 Å². The lowest BCUT2D eigenvalue weighted by Crippen LogP contribution is -2.30. The van der Waals surface area contributed by atoms with Crippen LogP contribution in [0.4, 0.5) is 0 Å². The molecule has 20 heavy (non-hydrogen) atoms. The minimum Gasteiger partial charge on any atom is -0.466 e. The molecule has 0 aliphatic heterocycles. The van der Waals surface area contributed by atoms with Crippen molar-refractivity contribution >= 4 is 11.9 Å². The van der Waals surface area contributed by atoms with Gasteiger partial charge >= 0.3 is 11.9 Å². The van der Waals surface area contributed by atoms with E-state index in [0.717, 1.165) is 38.5 Å². The molecule has 1 aliphatic carbocycles. The van der Waals surface area contributed by atoms with Crippen LogP contribution >= 0.6 is 0 Å². The van der Waals surface area contributed by atoms with Crippen molar-refractivity contribution in [2.24, 2.45) is 11.8 Å². The monoisotopic (exact) mass is 284 g/mol. The Labute approximate surface area is 122 Å². The maximum absolute atomic E-state index is 12.1. The minimum atomic E-state index is -0.444. The first-order valence-corrected chi connectivity index (χ1v) is 7.73. The summed E-state index contributed by atoms with van der Waals surface area (Å²) < 4.78 is 10.6. The van der Waals surface area contributed by atoms with E-state index in [0.29, 0.717) is 6.61 Å². The van der Waals surface area contributed by atoms with Gasteiger partial charge in [0.15, 0.2) is 0 Å². The van der Waals surface area contributed by atoms with Crippen LogP contribution in [0.1, 0.15) is 66.2 Å². The Hall–Kier alpha value is -1.06. The van der Waals surface area contributed by atoms with E-state index >= 15 is 0 Å². The molecule has 1 rings (SSSR count). The van der Waals surface area contributed by atoms with E-state index in [1.807, 2.05) is 27.7 Å². The molecular weight excluding hydrogens is 256 g/mol. The molecule has 0 aromatic heterocycles. The van der Waals surface area contributed by atoms with Gasteiger partial charge in [0.2, 0.25) is 0 Å². The van der Waals surface area contributed by atoms with Gasteiger partial charge in [-0.25, -0.2) is 0 Å². The van der Waals surface area contributed by atoms with Gasteiger partial charge < -0.3 is 9.47 Å². The zero-order valence-electron chi connectivity index (χ0n) is 13.2. The quantitative estimate of drug-likeness (QED) is 0.745. The minimum absolute atomic E-state index is 0.0554. The third kappa shape index (κ3) is 5.93. The van der Waals surface area contributed by atoms with Crippen LogP contribution in [0, 0.1) is 11.8 Å². The zero-order valence-corrected chi connectivity index (χ0v) is 13.2. The Morgan fingerprint density at radius 1 is 0.950 bits per heavy atom. The summed E-state index contributed by atoms with van der Waals surface area (Å²) in [5, 5.41) is 0. The fourth-order valence-electron chi connectivity index (χ4n) is 2.59. The van der Waals surface area contributed by atoms with Crippen molar-refractivity contribution in [2.45, 2.75) is 71.8 Å². The molecule has 0 amide bonds. The predicted octanol–water partition coefficient (Wildman–Crippen LogP) is 3.48. The van der Waals surface area contributed by atoms with Crippen LogP contribution in [0.15, 0.2) is 0 Å². The van der Waals surface area contributed by atoms with Crippen LogP contribution < -0.4 is 0 Å². The molecule has 1 saturated carbocycles. The fourth-order valence-corrected chi connectivity index (χ4v) is 2.59. The van der Waals surface area contributed by atoms with Crippen LogP contribution in [-0.4, -0.2) is 24.1 Å². The first-order valence-electron chi connectivity index (χ1n) is 7.73. The van der Waals surface area contributed by atoms with Crippen molar-refractivity contribution in [1.82, 2.24) is 0 Å². The smallest absolute Gasteiger partial charge is 0.309 e. The molecule has 0 N–H and O–H groups in total. The Morgan fingerprint density at radius 3 is 1.90 bits per heavy atom. The van der Waals surface area contributed by atoms with Crippen LogP contribution in [0.3, 0.4) is 0 Å². The first kappa shape index (κ1) is 17.0. The molecule has 4 nitrogen and oxygen atoms in total. The number of esters is 2. The van der Waals surface area contributed by atoms with Gasteiger partial charge in [0.25, 0.3) is 0 Å². The van der Waals surface area contributed by atoms with E-state index in [1.165, 1.54) is 0 Å². The summed E-state index contributed by atoms with van der Waals surface area (Å²) in [5.41, 5.74) is -0.444. The summed E-state index contributed by atoms with van der Waals surface area (Å²) in [6.45, 7) is 7.90. The van der Waals surface area contributed by atoms with Crippen LogP contribution in [-0.2, 0) is 19.1 Å². The highest BCUT2D eigenvalue weighted by molar-refractivity contribution is 5.74. The average molecular weight is 284 g/mol. The van der Waals surface area contributed by atoms with Crippen molar-refractivity contribution < 1.29 is 19.1 Å². The van der Waals surface area contributed by atoms with Gasteiger partial charge in [-0.1, -0.05) is 12.8 Å².